The first kappa shape index (κ1) is 18.4. The molecular formula is C14H22ClFN2O2S. The van der Waals surface area contributed by atoms with Gasteiger partial charge in [-0.15, -0.1) is 0 Å². The summed E-state index contributed by atoms with van der Waals surface area (Å²) in [5, 5.41) is 2.80. The van der Waals surface area contributed by atoms with E-state index in [9.17, 15) is 12.8 Å². The lowest BCUT2D eigenvalue weighted by Crippen LogP contribution is -2.28. The molecule has 120 valence electrons. The standard InChI is InChI=1S/C14H22ClFN2O2S/c1-4-5-6-7-18(3)21(19,20)12-8-11(10-17-2)14(15)13(16)9-12/h8-9,17H,4-7,10H2,1-3H3. The molecule has 1 aromatic rings. The molecule has 0 bridgehead atoms. The van der Waals surface area contributed by atoms with Crippen molar-refractivity contribution < 1.29 is 12.8 Å². The van der Waals surface area contributed by atoms with Crippen LogP contribution in [0.1, 0.15) is 31.7 Å². The van der Waals surface area contributed by atoms with E-state index in [2.05, 4.69) is 5.32 Å². The highest BCUT2D eigenvalue weighted by Gasteiger charge is 2.23. The third-order valence-corrected chi connectivity index (χ3v) is 5.49. The summed E-state index contributed by atoms with van der Waals surface area (Å²) in [5.41, 5.74) is 0.430. The Kier molecular flexibility index (Phi) is 7.06. The van der Waals surface area contributed by atoms with Crippen LogP contribution in [0.15, 0.2) is 17.0 Å². The van der Waals surface area contributed by atoms with Crippen LogP contribution in [0.5, 0.6) is 0 Å². The van der Waals surface area contributed by atoms with Crippen molar-refractivity contribution in [2.75, 3.05) is 20.6 Å². The minimum Gasteiger partial charge on any atom is -0.316 e. The maximum absolute atomic E-state index is 13.8. The molecule has 0 aliphatic heterocycles. The third-order valence-electron chi connectivity index (χ3n) is 3.23. The van der Waals surface area contributed by atoms with E-state index >= 15 is 0 Å². The minimum atomic E-state index is -3.69. The SMILES string of the molecule is CCCCCN(C)S(=O)(=O)c1cc(F)c(Cl)c(CNC)c1. The molecule has 4 nitrogen and oxygen atoms in total. The molecule has 21 heavy (non-hydrogen) atoms. The smallest absolute Gasteiger partial charge is 0.242 e. The second-order valence-corrected chi connectivity index (χ2v) is 7.37. The molecule has 0 aliphatic carbocycles. The van der Waals surface area contributed by atoms with Crippen molar-refractivity contribution >= 4 is 21.6 Å². The second-order valence-electron chi connectivity index (χ2n) is 4.94. The van der Waals surface area contributed by atoms with Crippen LogP contribution in [0, 0.1) is 5.82 Å². The summed E-state index contributed by atoms with van der Waals surface area (Å²) in [6.45, 7) is 2.77. The Bertz CT molecular complexity index is 579. The zero-order valence-electron chi connectivity index (χ0n) is 12.6. The van der Waals surface area contributed by atoms with E-state index in [1.54, 1.807) is 7.05 Å². The summed E-state index contributed by atoms with van der Waals surface area (Å²) in [6.07, 6.45) is 2.75. The van der Waals surface area contributed by atoms with Gasteiger partial charge in [0.2, 0.25) is 10.0 Å². The van der Waals surface area contributed by atoms with Gasteiger partial charge in [0.15, 0.2) is 0 Å². The Labute approximate surface area is 131 Å². The molecule has 0 aromatic heterocycles. The molecule has 1 aromatic carbocycles. The molecule has 0 heterocycles. The summed E-state index contributed by atoms with van der Waals surface area (Å²) >= 11 is 5.85. The van der Waals surface area contributed by atoms with E-state index in [0.717, 1.165) is 25.3 Å². The Morgan fingerprint density at radius 1 is 1.33 bits per heavy atom. The highest BCUT2D eigenvalue weighted by atomic mass is 35.5. The molecule has 0 unspecified atom stereocenters. The molecule has 0 fully saturated rings. The second kappa shape index (κ2) is 8.08. The van der Waals surface area contributed by atoms with Crippen LogP contribution >= 0.6 is 11.6 Å². The first-order valence-electron chi connectivity index (χ1n) is 6.93. The predicted octanol–water partition coefficient (Wildman–Crippen LogP) is 3.01. The molecule has 0 radical (unpaired) electrons. The van der Waals surface area contributed by atoms with Crippen LogP contribution < -0.4 is 5.32 Å². The quantitative estimate of drug-likeness (QED) is 0.742. The summed E-state index contributed by atoms with van der Waals surface area (Å²) in [4.78, 5) is -0.0614. The van der Waals surface area contributed by atoms with E-state index in [1.165, 1.54) is 17.4 Å². The molecule has 0 spiro atoms. The number of rotatable bonds is 8. The van der Waals surface area contributed by atoms with Crippen molar-refractivity contribution in [3.63, 3.8) is 0 Å². The number of unbranched alkanes of at least 4 members (excludes halogenated alkanes) is 2. The van der Waals surface area contributed by atoms with Gasteiger partial charge >= 0.3 is 0 Å². The Hall–Kier alpha value is -0.690. The van der Waals surface area contributed by atoms with Crippen LogP contribution in [0.3, 0.4) is 0 Å². The molecule has 0 amide bonds. The lowest BCUT2D eigenvalue weighted by atomic mass is 10.2. The van der Waals surface area contributed by atoms with Crippen molar-refractivity contribution in [1.82, 2.24) is 9.62 Å². The van der Waals surface area contributed by atoms with Gasteiger partial charge in [0.1, 0.15) is 5.82 Å². The number of hydrogen-bond acceptors (Lipinski definition) is 3. The topological polar surface area (TPSA) is 49.4 Å². The van der Waals surface area contributed by atoms with E-state index < -0.39 is 15.8 Å². The Morgan fingerprint density at radius 2 is 2.00 bits per heavy atom. The van der Waals surface area contributed by atoms with Gasteiger partial charge in [-0.3, -0.25) is 0 Å². The van der Waals surface area contributed by atoms with Gasteiger partial charge in [-0.25, -0.2) is 17.1 Å². The number of benzene rings is 1. The van der Waals surface area contributed by atoms with Crippen molar-refractivity contribution in [3.8, 4) is 0 Å². The predicted molar refractivity (Wildman–Crippen MR) is 83.5 cm³/mol. The molecule has 0 aliphatic rings. The van der Waals surface area contributed by atoms with Crippen molar-refractivity contribution in [3.05, 3.63) is 28.5 Å². The van der Waals surface area contributed by atoms with Gasteiger partial charge < -0.3 is 5.32 Å². The van der Waals surface area contributed by atoms with Crippen molar-refractivity contribution in [1.29, 1.82) is 0 Å². The fourth-order valence-electron chi connectivity index (χ4n) is 1.97. The van der Waals surface area contributed by atoms with Gasteiger partial charge in [0.05, 0.1) is 9.92 Å². The molecule has 7 heteroatoms. The summed E-state index contributed by atoms with van der Waals surface area (Å²) in [7, 11) is -0.497. The molecule has 1 rings (SSSR count). The number of sulfonamides is 1. The fraction of sp³-hybridized carbons (Fsp3) is 0.571. The molecular weight excluding hydrogens is 315 g/mol. The lowest BCUT2D eigenvalue weighted by Gasteiger charge is -2.18. The van der Waals surface area contributed by atoms with E-state index in [4.69, 9.17) is 11.6 Å². The van der Waals surface area contributed by atoms with Crippen LogP contribution in [-0.4, -0.2) is 33.4 Å². The number of nitrogens with zero attached hydrogens (tertiary/aromatic N) is 1. The maximum Gasteiger partial charge on any atom is 0.242 e. The van der Waals surface area contributed by atoms with Crippen LogP contribution in [0.25, 0.3) is 0 Å². The zero-order chi connectivity index (χ0) is 16.0. The average Bonchev–Trinajstić information content (AvgIpc) is 2.43. The monoisotopic (exact) mass is 336 g/mol. The molecule has 1 N–H and O–H groups in total. The number of halogens is 2. The largest absolute Gasteiger partial charge is 0.316 e. The van der Waals surface area contributed by atoms with Gasteiger partial charge in [-0.2, -0.15) is 0 Å². The molecule has 0 saturated carbocycles. The Balaban J connectivity index is 3.07. The minimum absolute atomic E-state index is 0.0445. The molecule has 0 atom stereocenters. The first-order chi connectivity index (χ1) is 9.84. The number of hydrogen-bond donors (Lipinski definition) is 1. The van der Waals surface area contributed by atoms with Gasteiger partial charge in [0, 0.05) is 20.1 Å². The van der Waals surface area contributed by atoms with Crippen LogP contribution in [0.2, 0.25) is 5.02 Å². The average molecular weight is 337 g/mol. The van der Waals surface area contributed by atoms with Gasteiger partial charge in [-0.05, 0) is 31.2 Å². The van der Waals surface area contributed by atoms with E-state index in [1.807, 2.05) is 6.92 Å². The lowest BCUT2D eigenvalue weighted by molar-refractivity contribution is 0.453. The number of nitrogens with one attached hydrogen (secondary N) is 1. The summed E-state index contributed by atoms with van der Waals surface area (Å²) in [5.74, 6) is -0.718. The third kappa shape index (κ3) is 4.64. The zero-order valence-corrected chi connectivity index (χ0v) is 14.2. The van der Waals surface area contributed by atoms with Gasteiger partial charge in [0.25, 0.3) is 0 Å². The Morgan fingerprint density at radius 3 is 2.57 bits per heavy atom. The first-order valence-corrected chi connectivity index (χ1v) is 8.75. The highest BCUT2D eigenvalue weighted by molar-refractivity contribution is 7.89. The van der Waals surface area contributed by atoms with Crippen LogP contribution in [-0.2, 0) is 16.6 Å². The highest BCUT2D eigenvalue weighted by Crippen LogP contribution is 2.26. The summed E-state index contributed by atoms with van der Waals surface area (Å²) in [6, 6.07) is 2.40. The fourth-order valence-corrected chi connectivity index (χ4v) is 3.42. The van der Waals surface area contributed by atoms with Crippen LogP contribution in [0.4, 0.5) is 4.39 Å². The maximum atomic E-state index is 13.8. The summed E-state index contributed by atoms with van der Waals surface area (Å²) < 4.78 is 40.0. The van der Waals surface area contributed by atoms with Crippen molar-refractivity contribution in [2.45, 2.75) is 37.6 Å². The van der Waals surface area contributed by atoms with Gasteiger partial charge in [-0.1, -0.05) is 31.4 Å². The molecule has 0 saturated heterocycles. The normalized spacial score (nSPS) is 12.1. The van der Waals surface area contributed by atoms with Crippen molar-refractivity contribution in [2.24, 2.45) is 0 Å². The van der Waals surface area contributed by atoms with E-state index in [0.29, 0.717) is 18.7 Å². The van der Waals surface area contributed by atoms with E-state index in [-0.39, 0.29) is 9.92 Å².